The van der Waals surface area contributed by atoms with Gasteiger partial charge in [-0.15, -0.1) is 0 Å². The summed E-state index contributed by atoms with van der Waals surface area (Å²) < 4.78 is 7.09. The molecule has 0 aromatic heterocycles. The highest BCUT2D eigenvalue weighted by Gasteiger charge is 2.32. The second-order valence-electron chi connectivity index (χ2n) is 6.47. The molecule has 0 aliphatic heterocycles. The maximum atomic E-state index is 10.5. The lowest BCUT2D eigenvalue weighted by molar-refractivity contribution is 0.000909. The van der Waals surface area contributed by atoms with E-state index in [-0.39, 0.29) is 0 Å². The Morgan fingerprint density at radius 1 is 1.33 bits per heavy atom. The van der Waals surface area contributed by atoms with Gasteiger partial charge in [0, 0.05) is 22.6 Å². The second-order valence-corrected chi connectivity index (χ2v) is 7.38. The lowest BCUT2D eigenvalue weighted by Crippen LogP contribution is -2.32. The van der Waals surface area contributed by atoms with Gasteiger partial charge in [0.1, 0.15) is 12.4 Å². The van der Waals surface area contributed by atoms with Crippen LogP contribution in [0.2, 0.25) is 0 Å². The third-order valence-corrected chi connectivity index (χ3v) is 4.49. The van der Waals surface area contributed by atoms with Crippen molar-refractivity contribution in [2.75, 3.05) is 6.61 Å². The number of aliphatic hydroxyl groups is 1. The monoisotopic (exact) mass is 355 g/mol. The van der Waals surface area contributed by atoms with Crippen molar-refractivity contribution in [2.45, 2.75) is 64.6 Å². The molecule has 21 heavy (non-hydrogen) atoms. The van der Waals surface area contributed by atoms with Gasteiger partial charge in [-0.3, -0.25) is 0 Å². The first-order chi connectivity index (χ1) is 9.89. The number of aryl methyl sites for hydroxylation is 1. The van der Waals surface area contributed by atoms with Crippen LogP contribution in [0.5, 0.6) is 5.75 Å². The van der Waals surface area contributed by atoms with Crippen LogP contribution in [-0.4, -0.2) is 23.4 Å². The molecular formula is C17H26BrNO2. The van der Waals surface area contributed by atoms with Crippen molar-refractivity contribution >= 4 is 15.9 Å². The van der Waals surface area contributed by atoms with Crippen LogP contribution in [0.1, 0.15) is 50.7 Å². The molecule has 4 heteroatoms. The van der Waals surface area contributed by atoms with E-state index in [0.29, 0.717) is 12.6 Å². The van der Waals surface area contributed by atoms with Crippen LogP contribution in [-0.2, 0) is 6.54 Å². The summed E-state index contributed by atoms with van der Waals surface area (Å²) in [5, 5.41) is 13.9. The molecule has 1 aliphatic rings. The maximum Gasteiger partial charge on any atom is 0.126 e. The standard InChI is InChI=1S/C17H26BrNO2/c1-12(2)19-10-14-9-15(18)8-13(3)16(14)21-11-17(20)6-4-5-7-17/h8-9,12,19-20H,4-7,10-11H2,1-3H3. The van der Waals surface area contributed by atoms with Gasteiger partial charge in [0.25, 0.3) is 0 Å². The van der Waals surface area contributed by atoms with Gasteiger partial charge in [0.2, 0.25) is 0 Å². The number of benzene rings is 1. The van der Waals surface area contributed by atoms with Crippen LogP contribution >= 0.6 is 15.9 Å². The molecule has 0 atom stereocenters. The summed E-state index contributed by atoms with van der Waals surface area (Å²) in [6, 6.07) is 4.58. The van der Waals surface area contributed by atoms with E-state index >= 15 is 0 Å². The van der Waals surface area contributed by atoms with E-state index in [1.54, 1.807) is 0 Å². The van der Waals surface area contributed by atoms with Gasteiger partial charge in [-0.25, -0.2) is 0 Å². The van der Waals surface area contributed by atoms with Crippen LogP contribution in [0, 0.1) is 6.92 Å². The first kappa shape index (κ1) is 16.8. The third-order valence-electron chi connectivity index (χ3n) is 4.04. The van der Waals surface area contributed by atoms with Crippen molar-refractivity contribution in [1.82, 2.24) is 5.32 Å². The Morgan fingerprint density at radius 2 is 2.00 bits per heavy atom. The van der Waals surface area contributed by atoms with Gasteiger partial charge in [-0.1, -0.05) is 42.6 Å². The molecule has 0 saturated heterocycles. The molecule has 3 nitrogen and oxygen atoms in total. The fraction of sp³-hybridized carbons (Fsp3) is 0.647. The van der Waals surface area contributed by atoms with E-state index in [4.69, 9.17) is 4.74 Å². The van der Waals surface area contributed by atoms with Crippen molar-refractivity contribution in [1.29, 1.82) is 0 Å². The quantitative estimate of drug-likeness (QED) is 0.811. The van der Waals surface area contributed by atoms with Crippen molar-refractivity contribution < 1.29 is 9.84 Å². The van der Waals surface area contributed by atoms with Crippen molar-refractivity contribution in [3.05, 3.63) is 27.7 Å². The predicted molar refractivity (Wildman–Crippen MR) is 89.8 cm³/mol. The molecule has 1 aromatic rings. The van der Waals surface area contributed by atoms with E-state index in [2.05, 4.69) is 54.2 Å². The number of ether oxygens (including phenoxy) is 1. The molecule has 0 bridgehead atoms. The van der Waals surface area contributed by atoms with Crippen LogP contribution in [0.4, 0.5) is 0 Å². The topological polar surface area (TPSA) is 41.5 Å². The minimum atomic E-state index is -0.637. The van der Waals surface area contributed by atoms with E-state index in [0.717, 1.165) is 53.6 Å². The first-order valence-electron chi connectivity index (χ1n) is 7.77. The van der Waals surface area contributed by atoms with Crippen LogP contribution in [0.15, 0.2) is 16.6 Å². The minimum absolute atomic E-state index is 0.393. The van der Waals surface area contributed by atoms with E-state index in [1.165, 1.54) is 0 Å². The molecule has 1 saturated carbocycles. The number of halogens is 1. The highest BCUT2D eigenvalue weighted by molar-refractivity contribution is 9.10. The van der Waals surface area contributed by atoms with E-state index in [9.17, 15) is 5.11 Å². The Morgan fingerprint density at radius 3 is 2.62 bits per heavy atom. The van der Waals surface area contributed by atoms with Gasteiger partial charge in [0.15, 0.2) is 0 Å². The fourth-order valence-electron chi connectivity index (χ4n) is 2.84. The molecule has 0 heterocycles. The smallest absolute Gasteiger partial charge is 0.126 e. The maximum absolute atomic E-state index is 10.5. The molecule has 2 rings (SSSR count). The van der Waals surface area contributed by atoms with Crippen LogP contribution < -0.4 is 10.1 Å². The zero-order chi connectivity index (χ0) is 15.5. The molecule has 0 radical (unpaired) electrons. The van der Waals surface area contributed by atoms with Gasteiger partial charge in [-0.05, 0) is 37.5 Å². The van der Waals surface area contributed by atoms with Crippen molar-refractivity contribution in [3.8, 4) is 5.75 Å². The highest BCUT2D eigenvalue weighted by atomic mass is 79.9. The number of rotatable bonds is 6. The molecule has 1 aromatic carbocycles. The predicted octanol–water partition coefficient (Wildman–Crippen LogP) is 3.94. The molecule has 0 unspecified atom stereocenters. The minimum Gasteiger partial charge on any atom is -0.490 e. The largest absolute Gasteiger partial charge is 0.490 e. The van der Waals surface area contributed by atoms with E-state index in [1.807, 2.05) is 0 Å². The summed E-state index contributed by atoms with van der Waals surface area (Å²) in [6.07, 6.45) is 3.90. The highest BCUT2D eigenvalue weighted by Crippen LogP contribution is 2.33. The summed E-state index contributed by atoms with van der Waals surface area (Å²) in [5.41, 5.74) is 1.60. The van der Waals surface area contributed by atoms with Crippen molar-refractivity contribution in [3.63, 3.8) is 0 Å². The van der Waals surface area contributed by atoms with Crippen molar-refractivity contribution in [2.24, 2.45) is 0 Å². The average molecular weight is 356 g/mol. The Labute approximate surface area is 136 Å². The number of hydrogen-bond donors (Lipinski definition) is 2. The summed E-state index contributed by atoms with van der Waals surface area (Å²) in [6.45, 7) is 7.48. The summed E-state index contributed by atoms with van der Waals surface area (Å²) in [4.78, 5) is 0. The molecule has 0 amide bonds. The Balaban J connectivity index is 2.12. The molecular weight excluding hydrogens is 330 g/mol. The summed E-state index contributed by atoms with van der Waals surface area (Å²) in [5.74, 6) is 0.909. The molecule has 0 spiro atoms. The SMILES string of the molecule is Cc1cc(Br)cc(CNC(C)C)c1OCC1(O)CCCC1. The third kappa shape index (κ3) is 4.70. The summed E-state index contributed by atoms with van der Waals surface area (Å²) in [7, 11) is 0. The zero-order valence-corrected chi connectivity index (χ0v) is 14.8. The second kappa shape index (κ2) is 7.12. The zero-order valence-electron chi connectivity index (χ0n) is 13.2. The Kier molecular flexibility index (Phi) is 5.69. The van der Waals surface area contributed by atoms with Gasteiger partial charge >= 0.3 is 0 Å². The number of nitrogens with one attached hydrogen (secondary N) is 1. The normalized spacial score (nSPS) is 17.4. The molecule has 1 aliphatic carbocycles. The number of hydrogen-bond acceptors (Lipinski definition) is 3. The van der Waals surface area contributed by atoms with Gasteiger partial charge in [0.05, 0.1) is 5.60 Å². The van der Waals surface area contributed by atoms with E-state index < -0.39 is 5.60 Å². The first-order valence-corrected chi connectivity index (χ1v) is 8.56. The average Bonchev–Trinajstić information content (AvgIpc) is 2.82. The van der Waals surface area contributed by atoms with Gasteiger partial charge < -0.3 is 15.2 Å². The molecule has 1 fully saturated rings. The fourth-order valence-corrected chi connectivity index (χ4v) is 3.45. The summed E-state index contributed by atoms with van der Waals surface area (Å²) >= 11 is 3.55. The molecule has 118 valence electrons. The lowest BCUT2D eigenvalue weighted by Gasteiger charge is -2.24. The van der Waals surface area contributed by atoms with Gasteiger partial charge in [-0.2, -0.15) is 0 Å². The molecule has 2 N–H and O–H groups in total. The van der Waals surface area contributed by atoms with Crippen LogP contribution in [0.3, 0.4) is 0 Å². The lowest BCUT2D eigenvalue weighted by atomic mass is 10.0. The van der Waals surface area contributed by atoms with Crippen LogP contribution in [0.25, 0.3) is 0 Å². The Bertz CT molecular complexity index is 482. The Hall–Kier alpha value is -0.580.